The summed E-state index contributed by atoms with van der Waals surface area (Å²) >= 11 is 18.1. The van der Waals surface area contributed by atoms with E-state index in [2.05, 4.69) is 5.32 Å². The highest BCUT2D eigenvalue weighted by Gasteiger charge is 2.04. The Morgan fingerprint density at radius 2 is 1.78 bits per heavy atom. The summed E-state index contributed by atoms with van der Waals surface area (Å²) in [6, 6.07) is 11.5. The minimum atomic E-state index is 0.539. The zero-order valence-corrected chi connectivity index (χ0v) is 12.1. The van der Waals surface area contributed by atoms with Gasteiger partial charge in [0.05, 0.1) is 15.7 Å². The molecule has 1 N–H and O–H groups in total. The van der Waals surface area contributed by atoms with E-state index in [-0.39, 0.29) is 0 Å². The molecule has 0 fully saturated rings. The van der Waals surface area contributed by atoms with Crippen molar-refractivity contribution in [1.82, 2.24) is 0 Å². The van der Waals surface area contributed by atoms with Gasteiger partial charge >= 0.3 is 0 Å². The minimum absolute atomic E-state index is 0.539. The number of hydrogen-bond donors (Lipinski definition) is 1. The summed E-state index contributed by atoms with van der Waals surface area (Å²) in [4.78, 5) is 0. The van der Waals surface area contributed by atoms with Crippen LogP contribution in [0.4, 0.5) is 5.69 Å². The van der Waals surface area contributed by atoms with E-state index < -0.39 is 0 Å². The molecule has 0 unspecified atom stereocenters. The smallest absolute Gasteiger partial charge is 0.0823 e. The number of benzene rings is 2. The van der Waals surface area contributed by atoms with Crippen molar-refractivity contribution in [3.63, 3.8) is 0 Å². The van der Waals surface area contributed by atoms with Gasteiger partial charge in [-0.1, -0.05) is 53.0 Å². The number of nitrogens with one attached hydrogen (secondary N) is 1. The molecule has 0 radical (unpaired) electrons. The lowest BCUT2D eigenvalue weighted by atomic mass is 10.1. The fourth-order valence-corrected chi connectivity index (χ4v) is 2.15. The summed E-state index contributed by atoms with van der Waals surface area (Å²) in [7, 11) is 0. The molecule has 0 atom stereocenters. The quantitative estimate of drug-likeness (QED) is 0.781. The van der Waals surface area contributed by atoms with Crippen molar-refractivity contribution in [2.75, 3.05) is 5.32 Å². The van der Waals surface area contributed by atoms with Crippen molar-refractivity contribution >= 4 is 40.5 Å². The first-order valence-electron chi connectivity index (χ1n) is 5.51. The number of aryl methyl sites for hydroxylation is 1. The molecule has 0 amide bonds. The highest BCUT2D eigenvalue weighted by molar-refractivity contribution is 6.43. The van der Waals surface area contributed by atoms with Crippen LogP contribution >= 0.6 is 34.8 Å². The Kier molecular flexibility index (Phi) is 4.39. The molecule has 18 heavy (non-hydrogen) atoms. The Balaban J connectivity index is 2.11. The van der Waals surface area contributed by atoms with Gasteiger partial charge in [0, 0.05) is 11.6 Å². The third-order valence-electron chi connectivity index (χ3n) is 2.67. The summed E-state index contributed by atoms with van der Waals surface area (Å²) in [5.74, 6) is 0. The molecule has 0 spiro atoms. The lowest BCUT2D eigenvalue weighted by molar-refractivity contribution is 1.14. The third kappa shape index (κ3) is 3.11. The van der Waals surface area contributed by atoms with E-state index in [1.54, 1.807) is 6.07 Å². The van der Waals surface area contributed by atoms with Gasteiger partial charge in [-0.3, -0.25) is 0 Å². The van der Waals surface area contributed by atoms with Crippen LogP contribution in [-0.2, 0) is 6.54 Å². The average Bonchev–Trinajstić information content (AvgIpc) is 2.35. The van der Waals surface area contributed by atoms with Crippen LogP contribution in [0.2, 0.25) is 15.1 Å². The molecule has 0 bridgehead atoms. The first kappa shape index (κ1) is 13.5. The fourth-order valence-electron chi connectivity index (χ4n) is 1.58. The lowest BCUT2D eigenvalue weighted by Gasteiger charge is -2.10. The van der Waals surface area contributed by atoms with Gasteiger partial charge < -0.3 is 5.32 Å². The Hall–Kier alpha value is -0.890. The van der Waals surface area contributed by atoms with Crippen LogP contribution in [0.25, 0.3) is 0 Å². The van der Waals surface area contributed by atoms with Crippen LogP contribution in [0.15, 0.2) is 36.4 Å². The first-order chi connectivity index (χ1) is 8.58. The summed E-state index contributed by atoms with van der Waals surface area (Å²) < 4.78 is 0. The van der Waals surface area contributed by atoms with E-state index in [9.17, 15) is 0 Å². The normalized spacial score (nSPS) is 10.4. The van der Waals surface area contributed by atoms with Gasteiger partial charge in [-0.15, -0.1) is 0 Å². The highest BCUT2D eigenvalue weighted by Crippen LogP contribution is 2.30. The van der Waals surface area contributed by atoms with Gasteiger partial charge in [-0.25, -0.2) is 0 Å². The number of hydrogen-bond acceptors (Lipinski definition) is 1. The fraction of sp³-hybridized carbons (Fsp3) is 0.143. The van der Waals surface area contributed by atoms with E-state index in [1.165, 1.54) is 0 Å². The van der Waals surface area contributed by atoms with Gasteiger partial charge in [0.2, 0.25) is 0 Å². The predicted octanol–water partition coefficient (Wildman–Crippen LogP) is 5.57. The molecule has 0 saturated heterocycles. The van der Waals surface area contributed by atoms with E-state index in [0.717, 1.165) is 21.8 Å². The largest absolute Gasteiger partial charge is 0.380 e. The summed E-state index contributed by atoms with van der Waals surface area (Å²) in [5, 5.41) is 5.10. The zero-order chi connectivity index (χ0) is 13.1. The minimum Gasteiger partial charge on any atom is -0.380 e. The SMILES string of the molecule is Cc1ccc(CNc2cccc(Cl)c2Cl)cc1Cl. The second kappa shape index (κ2) is 5.83. The number of anilines is 1. The van der Waals surface area contributed by atoms with Gasteiger partial charge in [0.25, 0.3) is 0 Å². The molecule has 2 aromatic rings. The second-order valence-corrected chi connectivity index (χ2v) is 5.23. The third-order valence-corrected chi connectivity index (χ3v) is 3.90. The highest BCUT2D eigenvalue weighted by atomic mass is 35.5. The molecule has 0 aliphatic heterocycles. The maximum Gasteiger partial charge on any atom is 0.0823 e. The molecule has 0 aliphatic rings. The van der Waals surface area contributed by atoms with Crippen LogP contribution in [0.5, 0.6) is 0 Å². The molecule has 0 aliphatic carbocycles. The van der Waals surface area contributed by atoms with Crippen LogP contribution < -0.4 is 5.32 Å². The van der Waals surface area contributed by atoms with E-state index >= 15 is 0 Å². The summed E-state index contributed by atoms with van der Waals surface area (Å²) in [6.07, 6.45) is 0. The molecule has 0 saturated carbocycles. The second-order valence-electron chi connectivity index (χ2n) is 4.04. The Morgan fingerprint density at radius 3 is 2.50 bits per heavy atom. The van der Waals surface area contributed by atoms with Crippen LogP contribution in [-0.4, -0.2) is 0 Å². The Bertz CT molecular complexity index is 567. The Morgan fingerprint density at radius 1 is 1.00 bits per heavy atom. The van der Waals surface area contributed by atoms with Crippen molar-refractivity contribution in [2.24, 2.45) is 0 Å². The summed E-state index contributed by atoms with van der Waals surface area (Å²) in [5.41, 5.74) is 2.99. The van der Waals surface area contributed by atoms with Crippen LogP contribution in [0, 0.1) is 6.92 Å². The standard InChI is InChI=1S/C14H12Cl3N/c1-9-5-6-10(7-12(9)16)8-18-13-4-2-3-11(15)14(13)17/h2-7,18H,8H2,1H3. The lowest BCUT2D eigenvalue weighted by Crippen LogP contribution is -2.00. The van der Waals surface area contributed by atoms with Crippen molar-refractivity contribution in [3.8, 4) is 0 Å². The van der Waals surface area contributed by atoms with E-state index in [4.69, 9.17) is 34.8 Å². The van der Waals surface area contributed by atoms with Crippen molar-refractivity contribution in [3.05, 3.63) is 62.6 Å². The topological polar surface area (TPSA) is 12.0 Å². The number of rotatable bonds is 3. The van der Waals surface area contributed by atoms with Crippen LogP contribution in [0.3, 0.4) is 0 Å². The van der Waals surface area contributed by atoms with Crippen molar-refractivity contribution in [1.29, 1.82) is 0 Å². The maximum atomic E-state index is 6.10. The molecule has 2 aromatic carbocycles. The Labute approximate surface area is 122 Å². The average molecular weight is 301 g/mol. The molecule has 1 nitrogen and oxygen atoms in total. The van der Waals surface area contributed by atoms with Crippen LogP contribution in [0.1, 0.15) is 11.1 Å². The summed E-state index contributed by atoms with van der Waals surface area (Å²) in [6.45, 7) is 2.63. The number of halogens is 3. The van der Waals surface area contributed by atoms with Crippen molar-refractivity contribution in [2.45, 2.75) is 13.5 Å². The molecule has 94 valence electrons. The van der Waals surface area contributed by atoms with Gasteiger partial charge in [0.15, 0.2) is 0 Å². The molecule has 2 rings (SSSR count). The van der Waals surface area contributed by atoms with E-state index in [1.807, 2.05) is 37.3 Å². The van der Waals surface area contributed by atoms with Gasteiger partial charge in [0.1, 0.15) is 0 Å². The first-order valence-corrected chi connectivity index (χ1v) is 6.64. The van der Waals surface area contributed by atoms with Crippen molar-refractivity contribution < 1.29 is 0 Å². The molecular weight excluding hydrogens is 289 g/mol. The molecule has 0 aromatic heterocycles. The van der Waals surface area contributed by atoms with E-state index in [0.29, 0.717) is 16.6 Å². The zero-order valence-electron chi connectivity index (χ0n) is 9.81. The monoisotopic (exact) mass is 299 g/mol. The maximum absolute atomic E-state index is 6.10. The molecule has 4 heteroatoms. The molecular formula is C14H12Cl3N. The van der Waals surface area contributed by atoms with Gasteiger partial charge in [-0.2, -0.15) is 0 Å². The molecule has 0 heterocycles. The van der Waals surface area contributed by atoms with Gasteiger partial charge in [-0.05, 0) is 36.2 Å². The predicted molar refractivity (Wildman–Crippen MR) is 80.0 cm³/mol.